The maximum Gasteiger partial charge on any atom is 0.233 e. The van der Waals surface area contributed by atoms with Crippen LogP contribution in [0.3, 0.4) is 0 Å². The second-order valence-electron chi connectivity index (χ2n) is 4.97. The molecule has 1 fully saturated rings. The average Bonchev–Trinajstić information content (AvgIpc) is 2.91. The maximum atomic E-state index is 11.4. The van der Waals surface area contributed by atoms with Crippen molar-refractivity contribution in [2.24, 2.45) is 11.8 Å². The summed E-state index contributed by atoms with van der Waals surface area (Å²) < 4.78 is 0. The van der Waals surface area contributed by atoms with Crippen molar-refractivity contribution >= 4 is 5.91 Å². The van der Waals surface area contributed by atoms with E-state index in [1.165, 1.54) is 19.3 Å². The fraction of sp³-hybridized carbons (Fsp3) is 0.917. The second kappa shape index (κ2) is 6.11. The molecule has 0 saturated heterocycles. The van der Waals surface area contributed by atoms with Gasteiger partial charge in [-0.1, -0.05) is 27.2 Å². The molecule has 1 aliphatic carbocycles. The van der Waals surface area contributed by atoms with Gasteiger partial charge in [-0.2, -0.15) is 0 Å². The van der Waals surface area contributed by atoms with E-state index in [0.717, 1.165) is 12.5 Å². The Hall–Kier alpha value is -0.570. The first kappa shape index (κ1) is 12.5. The highest BCUT2D eigenvalue weighted by atomic mass is 16.1. The van der Waals surface area contributed by atoms with Crippen molar-refractivity contribution < 1.29 is 4.79 Å². The van der Waals surface area contributed by atoms with Crippen LogP contribution in [-0.2, 0) is 4.79 Å². The van der Waals surface area contributed by atoms with Crippen molar-refractivity contribution in [2.75, 3.05) is 13.1 Å². The van der Waals surface area contributed by atoms with Gasteiger partial charge in [0.2, 0.25) is 5.91 Å². The van der Waals surface area contributed by atoms with Crippen LogP contribution < -0.4 is 10.6 Å². The first-order valence-corrected chi connectivity index (χ1v) is 6.13. The van der Waals surface area contributed by atoms with E-state index in [0.29, 0.717) is 18.5 Å². The van der Waals surface area contributed by atoms with Gasteiger partial charge >= 0.3 is 0 Å². The highest BCUT2D eigenvalue weighted by Gasteiger charge is 2.35. The van der Waals surface area contributed by atoms with E-state index in [2.05, 4.69) is 31.4 Å². The maximum absolute atomic E-state index is 11.4. The molecule has 1 rings (SSSR count). The summed E-state index contributed by atoms with van der Waals surface area (Å²) in [7, 11) is 0. The predicted molar refractivity (Wildman–Crippen MR) is 62.7 cm³/mol. The quantitative estimate of drug-likeness (QED) is 0.672. The smallest absolute Gasteiger partial charge is 0.233 e. The number of amides is 1. The highest BCUT2D eigenvalue weighted by Crippen LogP contribution is 2.34. The summed E-state index contributed by atoms with van der Waals surface area (Å²) in [5, 5.41) is 6.21. The first-order chi connectivity index (χ1) is 7.13. The summed E-state index contributed by atoms with van der Waals surface area (Å²) >= 11 is 0. The van der Waals surface area contributed by atoms with Gasteiger partial charge in [-0.25, -0.2) is 0 Å². The predicted octanol–water partition coefficient (Wildman–Crippen LogP) is 1.54. The zero-order valence-electron chi connectivity index (χ0n) is 10.2. The number of rotatable bonds is 7. The third-order valence-electron chi connectivity index (χ3n) is 2.81. The van der Waals surface area contributed by atoms with Gasteiger partial charge in [0.1, 0.15) is 0 Å². The van der Waals surface area contributed by atoms with Crippen LogP contribution in [0, 0.1) is 11.8 Å². The lowest BCUT2D eigenvalue weighted by molar-refractivity contribution is -0.120. The summed E-state index contributed by atoms with van der Waals surface area (Å²) in [4.78, 5) is 11.4. The lowest BCUT2D eigenvalue weighted by Gasteiger charge is -2.08. The van der Waals surface area contributed by atoms with Gasteiger partial charge in [0, 0.05) is 12.6 Å². The molecule has 2 unspecified atom stereocenters. The number of hydrogen-bond acceptors (Lipinski definition) is 2. The largest absolute Gasteiger partial charge is 0.355 e. The van der Waals surface area contributed by atoms with Gasteiger partial charge < -0.3 is 10.6 Å². The monoisotopic (exact) mass is 212 g/mol. The van der Waals surface area contributed by atoms with E-state index in [9.17, 15) is 4.79 Å². The number of hydrogen-bond donors (Lipinski definition) is 2. The van der Waals surface area contributed by atoms with Crippen LogP contribution in [0.2, 0.25) is 0 Å². The molecule has 0 heterocycles. The van der Waals surface area contributed by atoms with Gasteiger partial charge in [0.15, 0.2) is 0 Å². The van der Waals surface area contributed by atoms with Crippen LogP contribution in [0.15, 0.2) is 0 Å². The summed E-state index contributed by atoms with van der Waals surface area (Å²) in [6.45, 7) is 7.68. The van der Waals surface area contributed by atoms with Crippen LogP contribution in [0.4, 0.5) is 0 Å². The summed E-state index contributed by atoms with van der Waals surface area (Å²) in [5.74, 6) is 1.49. The van der Waals surface area contributed by atoms with Gasteiger partial charge in [-0.15, -0.1) is 0 Å². The Morgan fingerprint density at radius 2 is 2.20 bits per heavy atom. The highest BCUT2D eigenvalue weighted by molar-refractivity contribution is 5.78. The van der Waals surface area contributed by atoms with Crippen molar-refractivity contribution in [3.63, 3.8) is 0 Å². The number of carbonyl (C=O) groups is 1. The Morgan fingerprint density at radius 1 is 1.47 bits per heavy atom. The molecule has 0 aromatic carbocycles. The van der Waals surface area contributed by atoms with Gasteiger partial charge in [0.25, 0.3) is 0 Å². The van der Waals surface area contributed by atoms with E-state index in [1.54, 1.807) is 0 Å². The molecule has 0 spiro atoms. The van der Waals surface area contributed by atoms with Crippen LogP contribution in [0.25, 0.3) is 0 Å². The van der Waals surface area contributed by atoms with E-state index in [1.807, 2.05) is 0 Å². The molecule has 15 heavy (non-hydrogen) atoms. The minimum atomic E-state index is 0.130. The van der Waals surface area contributed by atoms with E-state index >= 15 is 0 Å². The molecule has 1 amide bonds. The number of nitrogens with one attached hydrogen (secondary N) is 2. The number of carbonyl (C=O) groups excluding carboxylic acids is 1. The van der Waals surface area contributed by atoms with Crippen molar-refractivity contribution in [1.29, 1.82) is 0 Å². The fourth-order valence-electron chi connectivity index (χ4n) is 1.79. The zero-order valence-corrected chi connectivity index (χ0v) is 10.2. The molecule has 3 heteroatoms. The lowest BCUT2D eigenvalue weighted by Crippen LogP contribution is -2.36. The fourth-order valence-corrected chi connectivity index (χ4v) is 1.79. The normalized spacial score (nSPS) is 24.3. The minimum Gasteiger partial charge on any atom is -0.355 e. The molecule has 2 N–H and O–H groups in total. The second-order valence-corrected chi connectivity index (χ2v) is 4.97. The molecule has 0 bridgehead atoms. The van der Waals surface area contributed by atoms with Gasteiger partial charge in [-0.05, 0) is 24.7 Å². The Bertz CT molecular complexity index is 204. The van der Waals surface area contributed by atoms with E-state index in [-0.39, 0.29) is 5.91 Å². The Kier molecular flexibility index (Phi) is 5.09. The SMILES string of the molecule is CCCC1CC1NCC(=O)NCC(C)C. The Labute approximate surface area is 93.0 Å². The third-order valence-corrected chi connectivity index (χ3v) is 2.81. The van der Waals surface area contributed by atoms with Gasteiger partial charge in [-0.3, -0.25) is 4.79 Å². The third kappa shape index (κ3) is 5.17. The molecule has 0 radical (unpaired) electrons. The van der Waals surface area contributed by atoms with Crippen LogP contribution in [-0.4, -0.2) is 25.0 Å². The summed E-state index contributed by atoms with van der Waals surface area (Å²) in [6, 6.07) is 0.606. The van der Waals surface area contributed by atoms with E-state index in [4.69, 9.17) is 0 Å². The van der Waals surface area contributed by atoms with E-state index < -0.39 is 0 Å². The lowest BCUT2D eigenvalue weighted by atomic mass is 10.2. The standard InChI is InChI=1S/C12H24N2O/c1-4-5-10-6-11(10)13-8-12(15)14-7-9(2)3/h9-11,13H,4-8H2,1-3H3,(H,14,15). The van der Waals surface area contributed by atoms with Crippen LogP contribution in [0.5, 0.6) is 0 Å². The molecule has 3 nitrogen and oxygen atoms in total. The molecular weight excluding hydrogens is 188 g/mol. The molecule has 2 atom stereocenters. The zero-order chi connectivity index (χ0) is 11.3. The van der Waals surface area contributed by atoms with Crippen molar-refractivity contribution in [3.05, 3.63) is 0 Å². The Balaban J connectivity index is 1.98. The minimum absolute atomic E-state index is 0.130. The molecular formula is C12H24N2O. The molecule has 88 valence electrons. The van der Waals surface area contributed by atoms with Crippen LogP contribution >= 0.6 is 0 Å². The van der Waals surface area contributed by atoms with Crippen molar-refractivity contribution in [1.82, 2.24) is 10.6 Å². The molecule has 0 aromatic rings. The Morgan fingerprint density at radius 3 is 2.80 bits per heavy atom. The molecule has 1 saturated carbocycles. The first-order valence-electron chi connectivity index (χ1n) is 6.13. The van der Waals surface area contributed by atoms with Crippen molar-refractivity contribution in [3.8, 4) is 0 Å². The molecule has 0 aromatic heterocycles. The molecule has 1 aliphatic rings. The van der Waals surface area contributed by atoms with Crippen molar-refractivity contribution in [2.45, 2.75) is 46.1 Å². The summed E-state index contributed by atoms with van der Waals surface area (Å²) in [6.07, 6.45) is 3.80. The van der Waals surface area contributed by atoms with Gasteiger partial charge in [0.05, 0.1) is 6.54 Å². The van der Waals surface area contributed by atoms with Crippen LogP contribution in [0.1, 0.15) is 40.0 Å². The summed E-state index contributed by atoms with van der Waals surface area (Å²) in [5.41, 5.74) is 0. The average molecular weight is 212 g/mol. The molecule has 0 aliphatic heterocycles. The topological polar surface area (TPSA) is 41.1 Å².